The number of oxazole rings is 1. The second-order valence-electron chi connectivity index (χ2n) is 8.49. The van der Waals surface area contributed by atoms with Gasteiger partial charge in [0.2, 0.25) is 0 Å². The molecule has 0 aliphatic carbocycles. The number of benzene rings is 3. The molecule has 196 valence electrons. The number of carbonyl (C=O) groups excluding carboxylic acids is 1. The normalized spacial score (nSPS) is 10.8. The minimum Gasteiger partial charge on any atom is -0.489 e. The van der Waals surface area contributed by atoms with Gasteiger partial charge in [-0.1, -0.05) is 29.8 Å². The minimum atomic E-state index is -1.08. The molecule has 1 heterocycles. The first-order valence-corrected chi connectivity index (χ1v) is 12.1. The summed E-state index contributed by atoms with van der Waals surface area (Å²) in [6.45, 7) is 1.63. The van der Waals surface area contributed by atoms with E-state index in [1.807, 2.05) is 55.5 Å². The third-order valence-electron chi connectivity index (χ3n) is 5.72. The van der Waals surface area contributed by atoms with Gasteiger partial charge in [-0.15, -0.1) is 0 Å². The predicted octanol–water partition coefficient (Wildman–Crippen LogP) is 5.86. The third-order valence-corrected chi connectivity index (χ3v) is 5.95. The Balaban J connectivity index is 1.44. The molecular weight excluding hydrogens is 510 g/mol. The minimum absolute atomic E-state index is 0.0116. The first-order chi connectivity index (χ1) is 18.3. The Kier molecular flexibility index (Phi) is 8.78. The number of carboxylic acid groups (broad SMARTS) is 1. The van der Waals surface area contributed by atoms with Crippen LogP contribution < -0.4 is 4.74 Å². The molecule has 0 bridgehead atoms. The summed E-state index contributed by atoms with van der Waals surface area (Å²) in [5.74, 6) is 0.376. The number of hydrogen-bond acceptors (Lipinski definition) is 7. The molecule has 0 radical (unpaired) electrons. The van der Waals surface area contributed by atoms with Crippen molar-refractivity contribution in [2.45, 2.75) is 26.6 Å². The van der Waals surface area contributed by atoms with Crippen molar-refractivity contribution in [2.75, 3.05) is 13.7 Å². The van der Waals surface area contributed by atoms with Crippen molar-refractivity contribution in [3.63, 3.8) is 0 Å². The summed E-state index contributed by atoms with van der Waals surface area (Å²) < 4.78 is 21.8. The summed E-state index contributed by atoms with van der Waals surface area (Å²) in [5.41, 5.74) is 4.39. The zero-order chi connectivity index (χ0) is 27.1. The maximum Gasteiger partial charge on any atom is 0.337 e. The molecule has 0 saturated heterocycles. The Bertz CT molecular complexity index is 1430. The highest BCUT2D eigenvalue weighted by Gasteiger charge is 2.14. The maximum atomic E-state index is 11.9. The van der Waals surface area contributed by atoms with Gasteiger partial charge < -0.3 is 23.7 Å². The molecule has 0 saturated carbocycles. The van der Waals surface area contributed by atoms with Crippen molar-refractivity contribution in [3.05, 3.63) is 106 Å². The average molecular weight is 536 g/mol. The van der Waals surface area contributed by atoms with Gasteiger partial charge in [-0.05, 0) is 72.1 Å². The molecule has 1 N–H and O–H groups in total. The number of aryl methyl sites for hydroxylation is 1. The largest absolute Gasteiger partial charge is 0.489 e. The zero-order valence-electron chi connectivity index (χ0n) is 20.9. The molecule has 0 aliphatic rings. The Hall–Kier alpha value is -4.14. The zero-order valence-corrected chi connectivity index (χ0v) is 21.7. The molecule has 4 rings (SSSR count). The number of carbonyl (C=O) groups is 2. The van der Waals surface area contributed by atoms with Crippen molar-refractivity contribution in [2.24, 2.45) is 0 Å². The van der Waals surface area contributed by atoms with Gasteiger partial charge in [0.25, 0.3) is 0 Å². The summed E-state index contributed by atoms with van der Waals surface area (Å²) in [7, 11) is 1.30. The molecule has 3 aromatic carbocycles. The van der Waals surface area contributed by atoms with Crippen molar-refractivity contribution in [1.29, 1.82) is 0 Å². The number of methoxy groups -OCH3 is 1. The van der Waals surface area contributed by atoms with Crippen LogP contribution in [0.3, 0.4) is 0 Å². The van der Waals surface area contributed by atoms with Crippen LogP contribution in [-0.4, -0.2) is 35.7 Å². The van der Waals surface area contributed by atoms with Gasteiger partial charge in [-0.3, -0.25) is 0 Å². The topological polar surface area (TPSA) is 108 Å². The summed E-state index contributed by atoms with van der Waals surface area (Å²) in [4.78, 5) is 27.4. The van der Waals surface area contributed by atoms with Gasteiger partial charge in [-0.25, -0.2) is 14.6 Å². The van der Waals surface area contributed by atoms with E-state index in [-0.39, 0.29) is 13.2 Å². The van der Waals surface area contributed by atoms with E-state index >= 15 is 0 Å². The van der Waals surface area contributed by atoms with E-state index in [1.165, 1.54) is 7.11 Å². The van der Waals surface area contributed by atoms with Crippen LogP contribution in [0, 0.1) is 6.92 Å². The van der Waals surface area contributed by atoms with Crippen LogP contribution in [0.2, 0.25) is 5.02 Å². The van der Waals surface area contributed by atoms with Crippen molar-refractivity contribution >= 4 is 23.5 Å². The lowest BCUT2D eigenvalue weighted by molar-refractivity contribution is -0.142. The molecule has 0 unspecified atom stereocenters. The molecule has 4 aromatic rings. The van der Waals surface area contributed by atoms with Crippen LogP contribution in [0.1, 0.15) is 38.7 Å². The lowest BCUT2D eigenvalue weighted by Gasteiger charge is -2.13. The lowest BCUT2D eigenvalue weighted by Crippen LogP contribution is -2.10. The van der Waals surface area contributed by atoms with E-state index in [4.69, 9.17) is 35.3 Å². The molecule has 0 aliphatic heterocycles. The number of nitrogens with zero attached hydrogens (tertiary/aromatic N) is 1. The second-order valence-corrected chi connectivity index (χ2v) is 8.93. The number of esters is 1. The fraction of sp³-hybridized carbons (Fsp3) is 0.207. The van der Waals surface area contributed by atoms with E-state index in [1.54, 1.807) is 18.2 Å². The van der Waals surface area contributed by atoms with E-state index in [9.17, 15) is 9.59 Å². The van der Waals surface area contributed by atoms with Crippen LogP contribution in [-0.2, 0) is 33.9 Å². The molecule has 9 heteroatoms. The van der Waals surface area contributed by atoms with Crippen molar-refractivity contribution in [1.82, 2.24) is 4.98 Å². The molecule has 38 heavy (non-hydrogen) atoms. The highest BCUT2D eigenvalue weighted by atomic mass is 35.5. The molecule has 8 nitrogen and oxygen atoms in total. The SMILES string of the molecule is COC(=O)c1ccc(COc2ccc(-c3nc(Cc4cccc(Cl)c4)oc3C)cc2)c(COCC(=O)O)c1. The smallest absolute Gasteiger partial charge is 0.337 e. The summed E-state index contributed by atoms with van der Waals surface area (Å²) >= 11 is 6.08. The highest BCUT2D eigenvalue weighted by Crippen LogP contribution is 2.27. The summed E-state index contributed by atoms with van der Waals surface area (Å²) in [6.07, 6.45) is 0.538. The molecule has 0 amide bonds. The number of carboxylic acids is 1. The third kappa shape index (κ3) is 7.00. The van der Waals surface area contributed by atoms with Crippen LogP contribution in [0.5, 0.6) is 5.75 Å². The number of hydrogen-bond donors (Lipinski definition) is 1. The van der Waals surface area contributed by atoms with E-state index in [2.05, 4.69) is 4.98 Å². The molecular formula is C29H26ClNO7. The lowest BCUT2D eigenvalue weighted by atomic mass is 10.0. The second kappa shape index (κ2) is 12.4. The number of halogens is 1. The van der Waals surface area contributed by atoms with Crippen molar-refractivity contribution in [3.8, 4) is 17.0 Å². The van der Waals surface area contributed by atoms with Crippen LogP contribution in [0.15, 0.2) is 71.1 Å². The Labute approximate surface area is 224 Å². The number of aliphatic carboxylic acids is 1. The molecule has 0 atom stereocenters. The maximum absolute atomic E-state index is 11.9. The van der Waals surface area contributed by atoms with E-state index < -0.39 is 18.5 Å². The monoisotopic (exact) mass is 535 g/mol. The predicted molar refractivity (Wildman–Crippen MR) is 140 cm³/mol. The first kappa shape index (κ1) is 26.9. The number of ether oxygens (including phenoxy) is 3. The average Bonchev–Trinajstić information content (AvgIpc) is 3.27. The first-order valence-electron chi connectivity index (χ1n) is 11.8. The Morgan fingerprint density at radius 1 is 1.00 bits per heavy atom. The van der Waals surface area contributed by atoms with Gasteiger partial charge in [0.15, 0.2) is 5.89 Å². The molecule has 1 aromatic heterocycles. The quantitative estimate of drug-likeness (QED) is 0.238. The van der Waals surface area contributed by atoms with Gasteiger partial charge in [0.05, 0.1) is 19.3 Å². The summed E-state index contributed by atoms with van der Waals surface area (Å²) in [5, 5.41) is 9.52. The van der Waals surface area contributed by atoms with Gasteiger partial charge in [-0.2, -0.15) is 0 Å². The van der Waals surface area contributed by atoms with Gasteiger partial charge in [0.1, 0.15) is 30.4 Å². The highest BCUT2D eigenvalue weighted by molar-refractivity contribution is 6.30. The molecule has 0 spiro atoms. The van der Waals surface area contributed by atoms with Crippen molar-refractivity contribution < 1.29 is 33.3 Å². The van der Waals surface area contributed by atoms with Crippen LogP contribution >= 0.6 is 11.6 Å². The van der Waals surface area contributed by atoms with Crippen LogP contribution in [0.4, 0.5) is 0 Å². The van der Waals surface area contributed by atoms with Crippen LogP contribution in [0.25, 0.3) is 11.3 Å². The van der Waals surface area contributed by atoms with Gasteiger partial charge >= 0.3 is 11.9 Å². The Morgan fingerprint density at radius 2 is 1.79 bits per heavy atom. The number of rotatable bonds is 11. The number of aromatic nitrogens is 1. The van der Waals surface area contributed by atoms with E-state index in [0.29, 0.717) is 40.0 Å². The van der Waals surface area contributed by atoms with E-state index in [0.717, 1.165) is 22.4 Å². The fourth-order valence-electron chi connectivity index (χ4n) is 3.88. The fourth-order valence-corrected chi connectivity index (χ4v) is 4.09. The summed E-state index contributed by atoms with van der Waals surface area (Å²) in [6, 6.07) is 20.0. The Morgan fingerprint density at radius 3 is 2.50 bits per heavy atom. The standard InChI is InChI=1S/C29H26ClNO7/c1-18-28(31-26(38-18)13-19-4-3-5-24(30)12-19)20-8-10-25(11-9-20)37-16-22-7-6-21(29(34)35-2)14-23(22)15-36-17-27(32)33/h3-12,14H,13,15-17H2,1-2H3,(H,32,33). The van der Waals surface area contributed by atoms with Gasteiger partial charge in [0, 0.05) is 17.0 Å². The molecule has 0 fully saturated rings.